The van der Waals surface area contributed by atoms with Crippen LogP contribution in [-0.4, -0.2) is 42.5 Å². The molecule has 2 saturated heterocycles. The molecule has 0 N–H and O–H groups in total. The Morgan fingerprint density at radius 3 is 2.75 bits per heavy atom. The van der Waals surface area contributed by atoms with Crippen LogP contribution >= 0.6 is 0 Å². The zero-order chi connectivity index (χ0) is 12.0. The van der Waals surface area contributed by atoms with Crippen molar-refractivity contribution in [2.45, 2.75) is 37.6 Å². The first-order valence-electron chi connectivity index (χ1n) is 5.59. The third-order valence-electron chi connectivity index (χ3n) is 3.72. The quantitative estimate of drug-likeness (QED) is 0.694. The summed E-state index contributed by atoms with van der Waals surface area (Å²) in [7, 11) is 1.36. The summed E-state index contributed by atoms with van der Waals surface area (Å²) in [4.78, 5) is 13.6. The van der Waals surface area contributed by atoms with E-state index in [9.17, 15) is 13.6 Å². The largest absolute Gasteiger partial charge is 0.468 e. The van der Waals surface area contributed by atoms with Gasteiger partial charge in [0.2, 0.25) is 5.92 Å². The lowest BCUT2D eigenvalue weighted by molar-refractivity contribution is -0.161. The van der Waals surface area contributed by atoms with E-state index in [2.05, 4.69) is 0 Å². The van der Waals surface area contributed by atoms with Crippen molar-refractivity contribution in [3.05, 3.63) is 0 Å². The molecule has 3 nitrogen and oxygen atoms in total. The van der Waals surface area contributed by atoms with Crippen LogP contribution in [0.1, 0.15) is 26.2 Å². The zero-order valence-corrected chi connectivity index (χ0v) is 9.63. The van der Waals surface area contributed by atoms with E-state index < -0.39 is 11.5 Å². The summed E-state index contributed by atoms with van der Waals surface area (Å²) in [6, 6.07) is 0. The van der Waals surface area contributed by atoms with Crippen molar-refractivity contribution in [3.8, 4) is 0 Å². The Labute approximate surface area is 93.7 Å². The average molecular weight is 233 g/mol. The minimum Gasteiger partial charge on any atom is -0.468 e. The van der Waals surface area contributed by atoms with Crippen molar-refractivity contribution in [3.63, 3.8) is 0 Å². The number of esters is 1. The number of methoxy groups -OCH3 is 1. The van der Waals surface area contributed by atoms with E-state index in [1.807, 2.05) is 4.90 Å². The number of halogens is 2. The number of carbonyl (C=O) groups excluding carboxylic acids is 1. The summed E-state index contributed by atoms with van der Waals surface area (Å²) in [6.45, 7) is 2.35. The Morgan fingerprint density at radius 2 is 2.31 bits per heavy atom. The van der Waals surface area contributed by atoms with Crippen LogP contribution in [0.25, 0.3) is 0 Å². The van der Waals surface area contributed by atoms with Crippen molar-refractivity contribution >= 4 is 5.97 Å². The van der Waals surface area contributed by atoms with Gasteiger partial charge in [-0.1, -0.05) is 0 Å². The minimum absolute atomic E-state index is 0.0957. The predicted molar refractivity (Wildman–Crippen MR) is 54.3 cm³/mol. The molecule has 0 aliphatic carbocycles. The summed E-state index contributed by atoms with van der Waals surface area (Å²) in [6.07, 6.45) is 1.12. The fourth-order valence-electron chi connectivity index (χ4n) is 3.04. The molecule has 0 aromatic heterocycles. The van der Waals surface area contributed by atoms with Crippen molar-refractivity contribution in [1.82, 2.24) is 4.90 Å². The van der Waals surface area contributed by atoms with Crippen LogP contribution in [-0.2, 0) is 9.53 Å². The maximum Gasteiger partial charge on any atom is 0.326 e. The van der Waals surface area contributed by atoms with E-state index in [0.717, 1.165) is 19.9 Å². The normalized spacial score (nSPS) is 34.4. The number of ether oxygens (including phenoxy) is 1. The Hall–Kier alpha value is -0.710. The standard InChI is InChI=1S/C11H17F2NO2/c1-10(12,13)5-8-6-11(9(15)16-2)3-4-14(11)7-8/h8H,3-7H2,1-2H3/t8-,11?/m1/s1. The average Bonchev–Trinajstić information content (AvgIpc) is 2.38. The van der Waals surface area contributed by atoms with E-state index in [-0.39, 0.29) is 18.3 Å². The first kappa shape index (κ1) is 11.8. The lowest BCUT2D eigenvalue weighted by Gasteiger charge is -2.45. The molecule has 0 radical (unpaired) electrons. The molecular weight excluding hydrogens is 216 g/mol. The number of hydrogen-bond acceptors (Lipinski definition) is 3. The molecule has 5 heteroatoms. The van der Waals surface area contributed by atoms with Crippen LogP contribution in [0.5, 0.6) is 0 Å². The van der Waals surface area contributed by atoms with Crippen molar-refractivity contribution in [2.24, 2.45) is 5.92 Å². The number of fused-ring (bicyclic) bond motifs is 1. The van der Waals surface area contributed by atoms with Gasteiger partial charge in [0.25, 0.3) is 0 Å². The molecule has 0 aromatic rings. The van der Waals surface area contributed by atoms with E-state index >= 15 is 0 Å². The van der Waals surface area contributed by atoms with Gasteiger partial charge in [0.15, 0.2) is 0 Å². The van der Waals surface area contributed by atoms with E-state index in [1.54, 1.807) is 0 Å². The molecule has 2 rings (SSSR count). The number of hydrogen-bond donors (Lipinski definition) is 0. The van der Waals surface area contributed by atoms with Gasteiger partial charge in [-0.15, -0.1) is 0 Å². The summed E-state index contributed by atoms with van der Waals surface area (Å²) in [5, 5.41) is 0. The van der Waals surface area contributed by atoms with E-state index in [0.29, 0.717) is 13.0 Å². The summed E-state index contributed by atoms with van der Waals surface area (Å²) in [5.74, 6) is -3.00. The first-order valence-corrected chi connectivity index (χ1v) is 5.59. The van der Waals surface area contributed by atoms with Crippen LogP contribution in [0.3, 0.4) is 0 Å². The van der Waals surface area contributed by atoms with Gasteiger partial charge >= 0.3 is 5.97 Å². The Bertz CT molecular complexity index is 303. The molecule has 0 aromatic carbocycles. The molecule has 2 atom stereocenters. The van der Waals surface area contributed by atoms with Gasteiger partial charge < -0.3 is 4.74 Å². The highest BCUT2D eigenvalue weighted by molar-refractivity contribution is 5.82. The first-order chi connectivity index (χ1) is 7.37. The fourth-order valence-corrected chi connectivity index (χ4v) is 3.04. The van der Waals surface area contributed by atoms with Crippen molar-refractivity contribution in [2.75, 3.05) is 20.2 Å². The Balaban J connectivity index is 2.03. The maximum absolute atomic E-state index is 12.9. The third-order valence-corrected chi connectivity index (χ3v) is 3.72. The van der Waals surface area contributed by atoms with Crippen molar-refractivity contribution in [1.29, 1.82) is 0 Å². The van der Waals surface area contributed by atoms with Crippen LogP contribution in [0.4, 0.5) is 8.78 Å². The van der Waals surface area contributed by atoms with Gasteiger partial charge in [0.05, 0.1) is 7.11 Å². The molecular formula is C11H17F2NO2. The van der Waals surface area contributed by atoms with Crippen molar-refractivity contribution < 1.29 is 18.3 Å². The van der Waals surface area contributed by atoms with Gasteiger partial charge in [-0.05, 0) is 25.7 Å². The summed E-state index contributed by atoms with van der Waals surface area (Å²) < 4.78 is 30.6. The number of carbonyl (C=O) groups is 1. The van der Waals surface area contributed by atoms with Crippen LogP contribution < -0.4 is 0 Å². The van der Waals surface area contributed by atoms with E-state index in [1.165, 1.54) is 7.11 Å². The smallest absolute Gasteiger partial charge is 0.326 e. The second kappa shape index (κ2) is 3.65. The number of nitrogens with zero attached hydrogens (tertiary/aromatic N) is 1. The SMILES string of the molecule is COC(=O)C12CCN1C[C@H](CC(C)(F)F)C2. The van der Waals surface area contributed by atoms with Gasteiger partial charge in [0.1, 0.15) is 5.54 Å². The highest BCUT2D eigenvalue weighted by Gasteiger charge is 2.58. The molecule has 92 valence electrons. The highest BCUT2D eigenvalue weighted by atomic mass is 19.3. The molecule has 2 fully saturated rings. The number of alkyl halides is 2. The third kappa shape index (κ3) is 1.81. The lowest BCUT2D eigenvalue weighted by Crippen LogP contribution is -2.61. The lowest BCUT2D eigenvalue weighted by atomic mass is 9.82. The fraction of sp³-hybridized carbons (Fsp3) is 0.909. The van der Waals surface area contributed by atoms with E-state index in [4.69, 9.17) is 4.74 Å². The van der Waals surface area contributed by atoms with Crippen LogP contribution in [0.15, 0.2) is 0 Å². The Morgan fingerprint density at radius 1 is 1.62 bits per heavy atom. The summed E-state index contributed by atoms with van der Waals surface area (Å²) >= 11 is 0. The molecule has 2 aliphatic heterocycles. The maximum atomic E-state index is 12.9. The molecule has 0 spiro atoms. The Kier molecular flexibility index (Phi) is 2.69. The van der Waals surface area contributed by atoms with Crippen LogP contribution in [0.2, 0.25) is 0 Å². The minimum atomic E-state index is -2.65. The molecule has 2 heterocycles. The van der Waals surface area contributed by atoms with Gasteiger partial charge in [-0.2, -0.15) is 0 Å². The van der Waals surface area contributed by atoms with Crippen LogP contribution in [0, 0.1) is 5.92 Å². The molecule has 16 heavy (non-hydrogen) atoms. The zero-order valence-electron chi connectivity index (χ0n) is 9.63. The molecule has 0 saturated carbocycles. The van der Waals surface area contributed by atoms with Gasteiger partial charge in [-0.3, -0.25) is 9.69 Å². The molecule has 0 bridgehead atoms. The topological polar surface area (TPSA) is 29.5 Å². The van der Waals surface area contributed by atoms with Gasteiger partial charge in [0, 0.05) is 19.5 Å². The van der Waals surface area contributed by atoms with Gasteiger partial charge in [-0.25, -0.2) is 8.78 Å². The molecule has 2 aliphatic rings. The second-order valence-corrected chi connectivity index (χ2v) is 5.06. The second-order valence-electron chi connectivity index (χ2n) is 5.06. The molecule has 0 amide bonds. The summed E-state index contributed by atoms with van der Waals surface area (Å²) in [5.41, 5.74) is -0.579. The number of rotatable bonds is 3. The predicted octanol–water partition coefficient (Wildman–Crippen LogP) is 1.67. The molecule has 1 unspecified atom stereocenters. The monoisotopic (exact) mass is 233 g/mol. The highest BCUT2D eigenvalue weighted by Crippen LogP contribution is 2.46.